The molecule has 1 heterocycles. The Kier molecular flexibility index (Phi) is 2.74. The number of carbonyl (C=O) groups excluding carboxylic acids is 1. The molecule has 1 aliphatic heterocycles. The maximum Gasteiger partial charge on any atom is 0.335 e. The summed E-state index contributed by atoms with van der Waals surface area (Å²) in [5.74, 6) is 0.541. The monoisotopic (exact) mass is 263 g/mol. The Balaban J connectivity index is 1.92. The van der Waals surface area contributed by atoms with Gasteiger partial charge in [-0.2, -0.15) is 5.10 Å². The van der Waals surface area contributed by atoms with Crippen LogP contribution in [-0.2, 0) is 0 Å². The van der Waals surface area contributed by atoms with E-state index in [0.29, 0.717) is 10.9 Å². The minimum Gasteiger partial charge on any atom is -0.350 e. The third-order valence-electron chi connectivity index (χ3n) is 3.47. The van der Waals surface area contributed by atoms with Crippen molar-refractivity contribution >= 4 is 23.3 Å². The maximum atomic E-state index is 11.5. The topological polar surface area (TPSA) is 58.7 Å². The van der Waals surface area contributed by atoms with Crippen LogP contribution in [0.1, 0.15) is 30.9 Å². The summed E-state index contributed by atoms with van der Waals surface area (Å²) in [5.41, 5.74) is 7.39. The van der Waals surface area contributed by atoms with Crippen LogP contribution in [0.5, 0.6) is 0 Å². The number of hydrazone groups is 1. The number of urea groups is 1. The van der Waals surface area contributed by atoms with Gasteiger partial charge in [-0.1, -0.05) is 29.8 Å². The molecule has 0 saturated heterocycles. The lowest BCUT2D eigenvalue weighted by atomic mass is 10.0. The third kappa shape index (κ3) is 1.97. The summed E-state index contributed by atoms with van der Waals surface area (Å²) in [6.07, 6.45) is 3.08. The minimum atomic E-state index is -0.518. The first kappa shape index (κ1) is 11.5. The summed E-state index contributed by atoms with van der Waals surface area (Å²) in [6.45, 7) is 0. The molecule has 1 atom stereocenters. The lowest BCUT2D eigenvalue weighted by molar-refractivity contribution is 0.196. The van der Waals surface area contributed by atoms with Crippen LogP contribution in [0.4, 0.5) is 4.79 Å². The average Bonchev–Trinajstić information content (AvgIpc) is 3.09. The van der Waals surface area contributed by atoms with Crippen LogP contribution in [0, 0.1) is 5.92 Å². The predicted molar refractivity (Wildman–Crippen MR) is 70.4 cm³/mol. The molecular formula is C13H14ClN3O. The quantitative estimate of drug-likeness (QED) is 0.876. The molecule has 2 amide bonds. The van der Waals surface area contributed by atoms with Crippen molar-refractivity contribution in [2.45, 2.75) is 25.3 Å². The van der Waals surface area contributed by atoms with Crippen molar-refractivity contribution < 1.29 is 4.79 Å². The molecule has 1 unspecified atom stereocenters. The number of amides is 2. The zero-order chi connectivity index (χ0) is 12.7. The first-order valence-corrected chi connectivity index (χ1v) is 6.45. The molecule has 0 aromatic heterocycles. The van der Waals surface area contributed by atoms with Gasteiger partial charge in [0.2, 0.25) is 0 Å². The van der Waals surface area contributed by atoms with Crippen molar-refractivity contribution in [3.63, 3.8) is 0 Å². The first-order valence-electron chi connectivity index (χ1n) is 6.07. The summed E-state index contributed by atoms with van der Waals surface area (Å²) in [4.78, 5) is 11.5. The van der Waals surface area contributed by atoms with Gasteiger partial charge in [0.15, 0.2) is 0 Å². The van der Waals surface area contributed by atoms with E-state index in [4.69, 9.17) is 17.3 Å². The smallest absolute Gasteiger partial charge is 0.335 e. The number of hydrogen-bond acceptors (Lipinski definition) is 2. The van der Waals surface area contributed by atoms with Gasteiger partial charge in [-0.15, -0.1) is 0 Å². The van der Waals surface area contributed by atoms with Crippen molar-refractivity contribution in [2.24, 2.45) is 16.8 Å². The Labute approximate surface area is 110 Å². The van der Waals surface area contributed by atoms with E-state index in [0.717, 1.165) is 17.7 Å². The van der Waals surface area contributed by atoms with Crippen LogP contribution in [0.3, 0.4) is 0 Å². The van der Waals surface area contributed by atoms with E-state index in [1.54, 1.807) is 0 Å². The summed E-state index contributed by atoms with van der Waals surface area (Å²) in [5, 5.41) is 6.39. The molecule has 0 spiro atoms. The standard InChI is InChI=1S/C13H14ClN3O/c14-10-4-2-1-3-9(10)12-7-11(8-5-6-8)16-17(12)13(15)18/h1-4,8,12H,5-7H2,(H2,15,18). The number of primary amides is 1. The number of halogens is 1. The highest BCUT2D eigenvalue weighted by Gasteiger charge is 2.38. The van der Waals surface area contributed by atoms with E-state index in [1.165, 1.54) is 17.9 Å². The molecule has 0 bridgehead atoms. The molecule has 3 rings (SSSR count). The van der Waals surface area contributed by atoms with E-state index in [1.807, 2.05) is 24.3 Å². The molecule has 5 heteroatoms. The van der Waals surface area contributed by atoms with Crippen LogP contribution in [-0.4, -0.2) is 16.8 Å². The fraction of sp³-hybridized carbons (Fsp3) is 0.385. The van der Waals surface area contributed by atoms with Crippen LogP contribution in [0.2, 0.25) is 5.02 Å². The third-order valence-corrected chi connectivity index (χ3v) is 3.82. The Morgan fingerprint density at radius 1 is 1.39 bits per heavy atom. The van der Waals surface area contributed by atoms with Gasteiger partial charge < -0.3 is 5.73 Å². The highest BCUT2D eigenvalue weighted by Crippen LogP contribution is 2.41. The first-order chi connectivity index (χ1) is 8.66. The van der Waals surface area contributed by atoms with Crippen molar-refractivity contribution in [1.29, 1.82) is 0 Å². The molecular weight excluding hydrogens is 250 g/mol. The maximum absolute atomic E-state index is 11.5. The van der Waals surface area contributed by atoms with Gasteiger partial charge in [0, 0.05) is 17.2 Å². The molecule has 4 nitrogen and oxygen atoms in total. The molecule has 1 aliphatic carbocycles. The van der Waals surface area contributed by atoms with Gasteiger partial charge in [0.25, 0.3) is 0 Å². The van der Waals surface area contributed by atoms with E-state index in [2.05, 4.69) is 5.10 Å². The van der Waals surface area contributed by atoms with Crippen molar-refractivity contribution in [3.8, 4) is 0 Å². The van der Waals surface area contributed by atoms with Gasteiger partial charge in [0.05, 0.1) is 6.04 Å². The molecule has 94 valence electrons. The number of nitrogens with zero attached hydrogens (tertiary/aromatic N) is 2. The van der Waals surface area contributed by atoms with Crippen LogP contribution < -0.4 is 5.73 Å². The zero-order valence-electron chi connectivity index (χ0n) is 9.84. The fourth-order valence-electron chi connectivity index (χ4n) is 2.39. The van der Waals surface area contributed by atoms with E-state index in [9.17, 15) is 4.79 Å². The van der Waals surface area contributed by atoms with Crippen molar-refractivity contribution in [3.05, 3.63) is 34.9 Å². The lowest BCUT2D eigenvalue weighted by Crippen LogP contribution is -2.32. The van der Waals surface area contributed by atoms with Crippen LogP contribution in [0.15, 0.2) is 29.4 Å². The molecule has 1 fully saturated rings. The van der Waals surface area contributed by atoms with Gasteiger partial charge in [-0.05, 0) is 30.4 Å². The van der Waals surface area contributed by atoms with Gasteiger partial charge in [0.1, 0.15) is 0 Å². The Hall–Kier alpha value is -1.55. The van der Waals surface area contributed by atoms with E-state index in [-0.39, 0.29) is 6.04 Å². The van der Waals surface area contributed by atoms with E-state index < -0.39 is 6.03 Å². The normalized spacial score (nSPS) is 23.1. The molecule has 1 aromatic carbocycles. The second-order valence-electron chi connectivity index (χ2n) is 4.79. The van der Waals surface area contributed by atoms with Crippen molar-refractivity contribution in [2.75, 3.05) is 0 Å². The molecule has 1 saturated carbocycles. The highest BCUT2D eigenvalue weighted by atomic mass is 35.5. The summed E-state index contributed by atoms with van der Waals surface area (Å²) in [7, 11) is 0. The molecule has 18 heavy (non-hydrogen) atoms. The van der Waals surface area contributed by atoms with Gasteiger partial charge >= 0.3 is 6.03 Å². The molecule has 2 aliphatic rings. The molecule has 2 N–H and O–H groups in total. The summed E-state index contributed by atoms with van der Waals surface area (Å²) in [6, 6.07) is 6.87. The summed E-state index contributed by atoms with van der Waals surface area (Å²) >= 11 is 6.19. The van der Waals surface area contributed by atoms with Crippen LogP contribution in [0.25, 0.3) is 0 Å². The molecule has 0 radical (unpaired) electrons. The predicted octanol–water partition coefficient (Wildman–Crippen LogP) is 2.93. The second kappa shape index (κ2) is 4.28. The zero-order valence-corrected chi connectivity index (χ0v) is 10.6. The lowest BCUT2D eigenvalue weighted by Gasteiger charge is -2.20. The van der Waals surface area contributed by atoms with Crippen LogP contribution >= 0.6 is 11.6 Å². The largest absolute Gasteiger partial charge is 0.350 e. The summed E-state index contributed by atoms with van der Waals surface area (Å²) < 4.78 is 0. The Morgan fingerprint density at radius 2 is 2.11 bits per heavy atom. The number of rotatable bonds is 2. The van der Waals surface area contributed by atoms with Gasteiger partial charge in [-0.25, -0.2) is 9.80 Å². The van der Waals surface area contributed by atoms with Gasteiger partial charge in [-0.3, -0.25) is 0 Å². The fourth-order valence-corrected chi connectivity index (χ4v) is 2.65. The number of benzene rings is 1. The highest BCUT2D eigenvalue weighted by molar-refractivity contribution is 6.31. The number of hydrogen-bond donors (Lipinski definition) is 1. The SMILES string of the molecule is NC(=O)N1N=C(C2CC2)CC1c1ccccc1Cl. The van der Waals surface area contributed by atoms with E-state index >= 15 is 0 Å². The van der Waals surface area contributed by atoms with Crippen molar-refractivity contribution in [1.82, 2.24) is 5.01 Å². The minimum absolute atomic E-state index is 0.146. The second-order valence-corrected chi connectivity index (χ2v) is 5.20. The number of carbonyl (C=O) groups is 1. The number of nitrogens with two attached hydrogens (primary N) is 1. The average molecular weight is 264 g/mol. The Morgan fingerprint density at radius 3 is 2.72 bits per heavy atom. The Bertz CT molecular complexity index is 525. The molecule has 1 aromatic rings.